The van der Waals surface area contributed by atoms with Crippen molar-refractivity contribution in [2.24, 2.45) is 5.73 Å². The van der Waals surface area contributed by atoms with Crippen LogP contribution in [0.5, 0.6) is 0 Å². The normalized spacial score (nSPS) is 13.7. The first-order valence-electron chi connectivity index (χ1n) is 12.5. The number of aromatic nitrogens is 2. The van der Waals surface area contributed by atoms with E-state index >= 15 is 4.39 Å². The van der Waals surface area contributed by atoms with E-state index in [1.165, 1.54) is 12.1 Å². The minimum absolute atomic E-state index is 0.232. The molecular weight excluding hydrogens is 497 g/mol. The van der Waals surface area contributed by atoms with Crippen molar-refractivity contribution in [3.05, 3.63) is 85.3 Å². The number of halogens is 1. The number of hydrogen-bond donors (Lipinski definition) is 3. The molecular formula is C29H28FN7O2. The Bertz CT molecular complexity index is 1550. The summed E-state index contributed by atoms with van der Waals surface area (Å²) in [5.41, 5.74) is 9.34. The lowest BCUT2D eigenvalue weighted by Gasteiger charge is -2.35. The number of nitrogens with two attached hydrogens (primary N) is 1. The lowest BCUT2D eigenvalue weighted by Crippen LogP contribution is -2.48. The molecule has 3 aromatic carbocycles. The summed E-state index contributed by atoms with van der Waals surface area (Å²) in [5, 5.41) is 6.60. The summed E-state index contributed by atoms with van der Waals surface area (Å²) in [6, 6.07) is 18.2. The van der Waals surface area contributed by atoms with Crippen molar-refractivity contribution < 1.29 is 14.0 Å². The number of amides is 2. The maximum Gasteiger partial charge on any atom is 0.247 e. The number of anilines is 4. The standard InChI is InChI=1S/C29H28FN7O2/c1-2-27(39)33-21-7-3-5-19(15-21)23-8-4-6-20-17-32-29(35-28(20)23)34-25-10-9-22(16-24(25)30)37-13-11-36(12-14-37)18-26(31)38/h2-10,15-17H,1,11-14,18H2,(H2,31,38)(H,33,39)(H,32,34,35). The van der Waals surface area contributed by atoms with Gasteiger partial charge in [-0.15, -0.1) is 0 Å². The van der Waals surface area contributed by atoms with Gasteiger partial charge in [-0.05, 0) is 42.0 Å². The van der Waals surface area contributed by atoms with Crippen molar-refractivity contribution >= 4 is 45.7 Å². The molecule has 2 heterocycles. The summed E-state index contributed by atoms with van der Waals surface area (Å²) >= 11 is 0. The van der Waals surface area contributed by atoms with Crippen molar-refractivity contribution in [1.29, 1.82) is 0 Å². The van der Waals surface area contributed by atoms with E-state index in [4.69, 9.17) is 10.7 Å². The molecule has 0 aliphatic carbocycles. The van der Waals surface area contributed by atoms with Gasteiger partial charge in [-0.3, -0.25) is 14.5 Å². The topological polar surface area (TPSA) is 116 Å². The molecule has 0 atom stereocenters. The zero-order valence-corrected chi connectivity index (χ0v) is 21.2. The van der Waals surface area contributed by atoms with E-state index in [9.17, 15) is 9.59 Å². The molecule has 1 fully saturated rings. The van der Waals surface area contributed by atoms with Crippen LogP contribution in [-0.4, -0.2) is 59.4 Å². The van der Waals surface area contributed by atoms with Crippen LogP contribution >= 0.6 is 0 Å². The first-order chi connectivity index (χ1) is 18.9. The number of carbonyl (C=O) groups excluding carboxylic acids is 2. The first kappa shape index (κ1) is 25.8. The maximum atomic E-state index is 15.1. The third-order valence-corrected chi connectivity index (χ3v) is 6.55. The molecule has 0 bridgehead atoms. The van der Waals surface area contributed by atoms with Crippen LogP contribution in [-0.2, 0) is 9.59 Å². The van der Waals surface area contributed by atoms with E-state index in [0.717, 1.165) is 22.2 Å². The van der Waals surface area contributed by atoms with Gasteiger partial charge in [0, 0.05) is 54.7 Å². The van der Waals surface area contributed by atoms with Crippen molar-refractivity contribution in [2.75, 3.05) is 48.3 Å². The number of nitrogens with one attached hydrogen (secondary N) is 2. The summed E-state index contributed by atoms with van der Waals surface area (Å²) in [4.78, 5) is 36.0. The molecule has 4 N–H and O–H groups in total. The molecule has 1 aliphatic heterocycles. The van der Waals surface area contributed by atoms with Crippen molar-refractivity contribution in [3.8, 4) is 11.1 Å². The zero-order chi connectivity index (χ0) is 27.4. The van der Waals surface area contributed by atoms with Gasteiger partial charge in [0.25, 0.3) is 0 Å². The van der Waals surface area contributed by atoms with Gasteiger partial charge in [-0.25, -0.2) is 14.4 Å². The monoisotopic (exact) mass is 525 g/mol. The molecule has 0 spiro atoms. The van der Waals surface area contributed by atoms with Gasteiger partial charge in [-0.2, -0.15) is 0 Å². The van der Waals surface area contributed by atoms with Crippen molar-refractivity contribution in [2.45, 2.75) is 0 Å². The number of rotatable bonds is 8. The van der Waals surface area contributed by atoms with Gasteiger partial charge in [0.1, 0.15) is 5.82 Å². The first-order valence-corrected chi connectivity index (χ1v) is 12.5. The van der Waals surface area contributed by atoms with Crippen LogP contribution in [0.1, 0.15) is 0 Å². The number of hydrogen-bond acceptors (Lipinski definition) is 7. The number of piperazine rings is 1. The fourth-order valence-electron chi connectivity index (χ4n) is 4.61. The van der Waals surface area contributed by atoms with Gasteiger partial charge in [0.05, 0.1) is 17.7 Å². The molecule has 1 aromatic heterocycles. The van der Waals surface area contributed by atoms with Crippen LogP contribution in [0.4, 0.5) is 27.4 Å². The molecule has 0 unspecified atom stereocenters. The van der Waals surface area contributed by atoms with Gasteiger partial charge < -0.3 is 21.3 Å². The van der Waals surface area contributed by atoms with Gasteiger partial charge in [0.15, 0.2) is 0 Å². The minimum atomic E-state index is -0.422. The SMILES string of the molecule is C=CC(=O)Nc1cccc(-c2cccc3cnc(Nc4ccc(N5CCN(CC(N)=O)CC5)cc4F)nc23)c1. The van der Waals surface area contributed by atoms with Gasteiger partial charge in [0.2, 0.25) is 17.8 Å². The second kappa shape index (κ2) is 11.3. The van der Waals surface area contributed by atoms with Crippen LogP contribution in [0.25, 0.3) is 22.0 Å². The largest absolute Gasteiger partial charge is 0.369 e. The van der Waals surface area contributed by atoms with Crippen LogP contribution < -0.4 is 21.3 Å². The van der Waals surface area contributed by atoms with E-state index < -0.39 is 5.82 Å². The quantitative estimate of drug-likeness (QED) is 0.299. The Morgan fingerprint density at radius 3 is 2.59 bits per heavy atom. The number of fused-ring (bicyclic) bond motifs is 1. The second-order valence-electron chi connectivity index (χ2n) is 9.23. The number of benzene rings is 3. The lowest BCUT2D eigenvalue weighted by atomic mass is 10.0. The summed E-state index contributed by atoms with van der Waals surface area (Å²) < 4.78 is 15.1. The fraction of sp³-hybridized carbons (Fsp3) is 0.172. The Labute approximate surface area is 225 Å². The third kappa shape index (κ3) is 6.02. The fourth-order valence-corrected chi connectivity index (χ4v) is 4.61. The summed E-state index contributed by atoms with van der Waals surface area (Å²) in [5.74, 6) is -0.803. The average Bonchev–Trinajstić information content (AvgIpc) is 2.94. The zero-order valence-electron chi connectivity index (χ0n) is 21.2. The van der Waals surface area contributed by atoms with Crippen LogP contribution in [0.3, 0.4) is 0 Å². The van der Waals surface area contributed by atoms with E-state index in [-0.39, 0.29) is 30.0 Å². The Hall–Kier alpha value is -4.83. The summed E-state index contributed by atoms with van der Waals surface area (Å²) in [6.07, 6.45) is 2.91. The highest BCUT2D eigenvalue weighted by atomic mass is 19.1. The summed E-state index contributed by atoms with van der Waals surface area (Å²) in [7, 11) is 0. The van der Waals surface area contributed by atoms with E-state index in [1.54, 1.807) is 18.3 Å². The molecule has 10 heteroatoms. The molecule has 39 heavy (non-hydrogen) atoms. The molecule has 198 valence electrons. The molecule has 5 rings (SSSR count). The average molecular weight is 526 g/mol. The number of para-hydroxylation sites is 1. The Morgan fingerprint density at radius 1 is 1.05 bits per heavy atom. The predicted octanol–water partition coefficient (Wildman–Crippen LogP) is 3.91. The number of nitrogens with zero attached hydrogens (tertiary/aromatic N) is 4. The second-order valence-corrected chi connectivity index (χ2v) is 9.23. The molecule has 0 radical (unpaired) electrons. The third-order valence-electron chi connectivity index (χ3n) is 6.55. The Kier molecular flexibility index (Phi) is 7.46. The van der Waals surface area contributed by atoms with E-state index in [2.05, 4.69) is 27.1 Å². The molecule has 0 saturated carbocycles. The van der Waals surface area contributed by atoms with Crippen molar-refractivity contribution in [1.82, 2.24) is 14.9 Å². The predicted molar refractivity (Wildman–Crippen MR) is 151 cm³/mol. The Balaban J connectivity index is 1.36. The van der Waals surface area contributed by atoms with E-state index in [1.807, 2.05) is 47.4 Å². The highest BCUT2D eigenvalue weighted by Crippen LogP contribution is 2.30. The van der Waals surface area contributed by atoms with Crippen LogP contribution in [0.2, 0.25) is 0 Å². The van der Waals surface area contributed by atoms with Gasteiger partial charge in [-0.1, -0.05) is 36.9 Å². The number of carbonyl (C=O) groups is 2. The maximum absolute atomic E-state index is 15.1. The van der Waals surface area contributed by atoms with Gasteiger partial charge >= 0.3 is 0 Å². The molecule has 4 aromatic rings. The highest BCUT2D eigenvalue weighted by molar-refractivity contribution is 6.00. The molecule has 2 amide bonds. The van der Waals surface area contributed by atoms with Crippen LogP contribution in [0, 0.1) is 5.82 Å². The van der Waals surface area contributed by atoms with Crippen LogP contribution in [0.15, 0.2) is 79.5 Å². The highest BCUT2D eigenvalue weighted by Gasteiger charge is 2.19. The van der Waals surface area contributed by atoms with E-state index in [0.29, 0.717) is 37.4 Å². The molecule has 1 saturated heterocycles. The number of primary amides is 1. The summed E-state index contributed by atoms with van der Waals surface area (Å²) in [6.45, 7) is 6.43. The van der Waals surface area contributed by atoms with Crippen molar-refractivity contribution in [3.63, 3.8) is 0 Å². The Morgan fingerprint density at radius 2 is 1.85 bits per heavy atom. The molecule has 1 aliphatic rings. The minimum Gasteiger partial charge on any atom is -0.369 e. The lowest BCUT2D eigenvalue weighted by molar-refractivity contribution is -0.119. The smallest absolute Gasteiger partial charge is 0.247 e. The molecule has 9 nitrogen and oxygen atoms in total.